The van der Waals surface area contributed by atoms with Crippen LogP contribution in [0.5, 0.6) is 11.5 Å². The van der Waals surface area contributed by atoms with Crippen LogP contribution in [0.25, 0.3) is 0 Å². The van der Waals surface area contributed by atoms with Gasteiger partial charge >= 0.3 is 0 Å². The van der Waals surface area contributed by atoms with Gasteiger partial charge in [0.05, 0.1) is 6.54 Å². The van der Waals surface area contributed by atoms with Crippen molar-refractivity contribution in [1.29, 1.82) is 0 Å². The molecule has 0 radical (unpaired) electrons. The van der Waals surface area contributed by atoms with Crippen LogP contribution < -0.4 is 20.1 Å². The predicted molar refractivity (Wildman–Crippen MR) is 108 cm³/mol. The SMILES string of the molecule is CCN(CC(=O)Nc1ccc2c(c1)OCCO2)C(=O)CC(C)C1CCNCC1. The third-order valence-corrected chi connectivity index (χ3v) is 5.58. The van der Waals surface area contributed by atoms with Gasteiger partial charge in [0, 0.05) is 24.7 Å². The maximum Gasteiger partial charge on any atom is 0.243 e. The summed E-state index contributed by atoms with van der Waals surface area (Å²) in [5, 5.41) is 6.21. The first-order valence-electron chi connectivity index (χ1n) is 10.2. The van der Waals surface area contributed by atoms with Crippen LogP contribution in [0.2, 0.25) is 0 Å². The Kier molecular flexibility index (Phi) is 7.14. The number of ether oxygens (including phenoxy) is 2. The number of nitrogens with one attached hydrogen (secondary N) is 2. The van der Waals surface area contributed by atoms with Gasteiger partial charge in [0.15, 0.2) is 11.5 Å². The zero-order valence-electron chi connectivity index (χ0n) is 16.8. The molecule has 0 bridgehead atoms. The summed E-state index contributed by atoms with van der Waals surface area (Å²) in [6, 6.07) is 5.32. The Morgan fingerprint density at radius 1 is 1.21 bits per heavy atom. The number of hydrogen-bond acceptors (Lipinski definition) is 5. The van der Waals surface area contributed by atoms with E-state index in [0.29, 0.717) is 55.2 Å². The summed E-state index contributed by atoms with van der Waals surface area (Å²) in [5.41, 5.74) is 0.640. The van der Waals surface area contributed by atoms with E-state index in [1.165, 1.54) is 0 Å². The van der Waals surface area contributed by atoms with Crippen molar-refractivity contribution in [1.82, 2.24) is 10.2 Å². The van der Waals surface area contributed by atoms with Gasteiger partial charge in [-0.25, -0.2) is 0 Å². The molecule has 2 aliphatic rings. The van der Waals surface area contributed by atoms with Gasteiger partial charge in [-0.1, -0.05) is 6.92 Å². The Labute approximate surface area is 166 Å². The second-order valence-corrected chi connectivity index (χ2v) is 7.58. The number of amides is 2. The number of carbonyl (C=O) groups is 2. The molecule has 3 rings (SSSR count). The molecule has 7 heteroatoms. The fraction of sp³-hybridized carbons (Fsp3) is 0.619. The Bertz CT molecular complexity index is 688. The molecule has 1 aromatic rings. The highest BCUT2D eigenvalue weighted by Crippen LogP contribution is 2.32. The van der Waals surface area contributed by atoms with E-state index in [9.17, 15) is 9.59 Å². The number of benzene rings is 1. The Balaban J connectivity index is 1.51. The third-order valence-electron chi connectivity index (χ3n) is 5.58. The number of piperidine rings is 1. The van der Waals surface area contributed by atoms with E-state index >= 15 is 0 Å². The van der Waals surface area contributed by atoms with Gasteiger partial charge in [-0.2, -0.15) is 0 Å². The largest absolute Gasteiger partial charge is 0.486 e. The van der Waals surface area contributed by atoms with Gasteiger partial charge in [0.2, 0.25) is 11.8 Å². The molecule has 1 saturated heterocycles. The number of likely N-dealkylation sites (N-methyl/N-ethyl adjacent to an activating group) is 1. The van der Waals surface area contributed by atoms with E-state index in [2.05, 4.69) is 17.6 Å². The van der Waals surface area contributed by atoms with Crippen molar-refractivity contribution in [3.63, 3.8) is 0 Å². The van der Waals surface area contributed by atoms with Crippen molar-refractivity contribution in [2.45, 2.75) is 33.1 Å². The molecule has 1 unspecified atom stereocenters. The lowest BCUT2D eigenvalue weighted by molar-refractivity contribution is -0.135. The number of hydrogen-bond donors (Lipinski definition) is 2. The molecular formula is C21H31N3O4. The van der Waals surface area contributed by atoms with Crippen LogP contribution >= 0.6 is 0 Å². The zero-order chi connectivity index (χ0) is 19.9. The maximum absolute atomic E-state index is 12.7. The minimum Gasteiger partial charge on any atom is -0.486 e. The standard InChI is InChI=1S/C21H31N3O4/c1-3-24(21(26)12-15(2)16-6-8-22-9-7-16)14-20(25)23-17-4-5-18-19(13-17)28-11-10-27-18/h4-5,13,15-16,22H,3,6-12,14H2,1-2H3,(H,23,25). The molecule has 154 valence electrons. The summed E-state index contributed by atoms with van der Waals surface area (Å²) >= 11 is 0. The summed E-state index contributed by atoms with van der Waals surface area (Å²) in [5.74, 6) is 2.07. The normalized spacial score (nSPS) is 17.6. The van der Waals surface area contributed by atoms with Crippen LogP contribution in [0.15, 0.2) is 18.2 Å². The van der Waals surface area contributed by atoms with Crippen LogP contribution in [-0.4, -0.2) is 56.1 Å². The molecule has 7 nitrogen and oxygen atoms in total. The van der Waals surface area contributed by atoms with Crippen LogP contribution in [0.3, 0.4) is 0 Å². The van der Waals surface area contributed by atoms with Gasteiger partial charge < -0.3 is 25.0 Å². The van der Waals surface area contributed by atoms with Gasteiger partial charge in [0.1, 0.15) is 13.2 Å². The van der Waals surface area contributed by atoms with Crippen molar-refractivity contribution < 1.29 is 19.1 Å². The second-order valence-electron chi connectivity index (χ2n) is 7.58. The minimum atomic E-state index is -0.207. The molecule has 2 heterocycles. The average molecular weight is 389 g/mol. The summed E-state index contributed by atoms with van der Waals surface area (Å²) in [4.78, 5) is 26.8. The number of carbonyl (C=O) groups excluding carboxylic acids is 2. The van der Waals surface area contributed by atoms with Crippen LogP contribution in [0.1, 0.15) is 33.1 Å². The van der Waals surface area contributed by atoms with Crippen molar-refractivity contribution in [2.24, 2.45) is 11.8 Å². The molecule has 2 aliphatic heterocycles. The van der Waals surface area contributed by atoms with Crippen molar-refractivity contribution in [3.05, 3.63) is 18.2 Å². The second kappa shape index (κ2) is 9.78. The quantitative estimate of drug-likeness (QED) is 0.748. The maximum atomic E-state index is 12.7. The van der Waals surface area contributed by atoms with Gasteiger partial charge in [-0.05, 0) is 56.8 Å². The summed E-state index contributed by atoms with van der Waals surface area (Å²) < 4.78 is 11.0. The lowest BCUT2D eigenvalue weighted by Gasteiger charge is -2.29. The number of rotatable bonds is 7. The zero-order valence-corrected chi connectivity index (χ0v) is 16.8. The Morgan fingerprint density at radius 3 is 2.64 bits per heavy atom. The monoisotopic (exact) mass is 389 g/mol. The fourth-order valence-electron chi connectivity index (χ4n) is 3.86. The van der Waals surface area contributed by atoms with Crippen LogP contribution in [-0.2, 0) is 9.59 Å². The number of fused-ring (bicyclic) bond motifs is 1. The van der Waals surface area contributed by atoms with E-state index in [-0.39, 0.29) is 18.4 Å². The van der Waals surface area contributed by atoms with E-state index in [1.54, 1.807) is 23.1 Å². The molecule has 1 aromatic carbocycles. The first kappa shape index (κ1) is 20.5. The summed E-state index contributed by atoms with van der Waals surface area (Å²) in [7, 11) is 0. The molecule has 28 heavy (non-hydrogen) atoms. The first-order chi connectivity index (χ1) is 13.6. The highest BCUT2D eigenvalue weighted by Gasteiger charge is 2.25. The topological polar surface area (TPSA) is 79.9 Å². The molecule has 1 fully saturated rings. The Hall–Kier alpha value is -2.28. The van der Waals surface area contributed by atoms with E-state index < -0.39 is 0 Å². The minimum absolute atomic E-state index is 0.0471. The lowest BCUT2D eigenvalue weighted by atomic mass is 9.84. The van der Waals surface area contributed by atoms with Gasteiger partial charge in [0.25, 0.3) is 0 Å². The summed E-state index contributed by atoms with van der Waals surface area (Å²) in [6.45, 7) is 7.72. The molecule has 1 atom stereocenters. The van der Waals surface area contributed by atoms with E-state index in [1.807, 2.05) is 6.92 Å². The predicted octanol–water partition coefficient (Wildman–Crippen LogP) is 2.27. The smallest absolute Gasteiger partial charge is 0.243 e. The van der Waals surface area contributed by atoms with Crippen LogP contribution in [0.4, 0.5) is 5.69 Å². The molecule has 2 amide bonds. The fourth-order valence-corrected chi connectivity index (χ4v) is 3.86. The van der Waals surface area contributed by atoms with Gasteiger partial charge in [-0.3, -0.25) is 9.59 Å². The van der Waals surface area contributed by atoms with Crippen molar-refractivity contribution >= 4 is 17.5 Å². The summed E-state index contributed by atoms with van der Waals surface area (Å²) in [6.07, 6.45) is 2.73. The molecule has 0 saturated carbocycles. The lowest BCUT2D eigenvalue weighted by Crippen LogP contribution is -2.39. The molecule has 2 N–H and O–H groups in total. The highest BCUT2D eigenvalue weighted by atomic mass is 16.6. The first-order valence-corrected chi connectivity index (χ1v) is 10.2. The van der Waals surface area contributed by atoms with E-state index in [0.717, 1.165) is 25.9 Å². The van der Waals surface area contributed by atoms with Crippen molar-refractivity contribution in [3.8, 4) is 11.5 Å². The highest BCUT2D eigenvalue weighted by molar-refractivity contribution is 5.94. The molecule has 0 aromatic heterocycles. The molecule has 0 spiro atoms. The molecular weight excluding hydrogens is 358 g/mol. The molecule has 0 aliphatic carbocycles. The third kappa shape index (κ3) is 5.38. The van der Waals surface area contributed by atoms with Crippen LogP contribution in [0, 0.1) is 11.8 Å². The van der Waals surface area contributed by atoms with Gasteiger partial charge in [-0.15, -0.1) is 0 Å². The average Bonchev–Trinajstić information content (AvgIpc) is 2.72. The van der Waals surface area contributed by atoms with E-state index in [4.69, 9.17) is 9.47 Å². The number of nitrogens with zero attached hydrogens (tertiary/aromatic N) is 1. The Morgan fingerprint density at radius 2 is 1.93 bits per heavy atom. The van der Waals surface area contributed by atoms with Crippen molar-refractivity contribution in [2.75, 3.05) is 44.7 Å². The number of anilines is 1.